The molecule has 5 nitrogen and oxygen atoms in total. The zero-order valence-corrected chi connectivity index (χ0v) is 13.0. The van der Waals surface area contributed by atoms with E-state index in [2.05, 4.69) is 10.4 Å². The van der Waals surface area contributed by atoms with Gasteiger partial charge in [-0.05, 0) is 51.0 Å². The molecule has 1 heterocycles. The van der Waals surface area contributed by atoms with E-state index in [0.717, 1.165) is 28.2 Å². The quantitative estimate of drug-likeness (QED) is 0.906. The Morgan fingerprint density at radius 1 is 1.29 bits per heavy atom. The number of amides is 1. The van der Waals surface area contributed by atoms with Crippen LogP contribution in [0.3, 0.4) is 0 Å². The van der Waals surface area contributed by atoms with E-state index in [4.69, 9.17) is 5.73 Å². The third-order valence-electron chi connectivity index (χ3n) is 3.89. The molecule has 3 N–H and O–H groups in total. The number of aromatic nitrogens is 2. The van der Waals surface area contributed by atoms with Crippen LogP contribution in [0, 0.1) is 20.8 Å². The monoisotopic (exact) mass is 286 g/mol. The summed E-state index contributed by atoms with van der Waals surface area (Å²) in [5.41, 5.74) is 10.5. The fraction of sp³-hybridized carbons (Fsp3) is 0.375. The number of benzene rings is 1. The van der Waals surface area contributed by atoms with Crippen molar-refractivity contribution in [2.75, 3.05) is 5.32 Å². The Hall–Kier alpha value is -2.14. The summed E-state index contributed by atoms with van der Waals surface area (Å²) in [5.74, 6) is -0.0823. The Morgan fingerprint density at radius 3 is 2.38 bits per heavy atom. The van der Waals surface area contributed by atoms with Gasteiger partial charge in [-0.2, -0.15) is 5.10 Å². The van der Waals surface area contributed by atoms with E-state index >= 15 is 0 Å². The molecule has 0 aliphatic heterocycles. The first-order chi connectivity index (χ1) is 9.93. The van der Waals surface area contributed by atoms with E-state index in [-0.39, 0.29) is 11.9 Å². The fourth-order valence-corrected chi connectivity index (χ4v) is 2.20. The van der Waals surface area contributed by atoms with E-state index in [1.807, 2.05) is 52.0 Å². The number of carbonyl (C=O) groups is 1. The molecule has 0 spiro atoms. The molecule has 1 atom stereocenters. The minimum atomic E-state index is -0.355. The van der Waals surface area contributed by atoms with E-state index in [0.29, 0.717) is 6.54 Å². The molecule has 0 radical (unpaired) electrons. The number of carbonyl (C=O) groups excluding carboxylic acids is 1. The number of nitrogens with zero attached hydrogens (tertiary/aromatic N) is 2. The summed E-state index contributed by atoms with van der Waals surface area (Å²) in [4.78, 5) is 12.3. The molecule has 0 saturated carbocycles. The third-order valence-corrected chi connectivity index (χ3v) is 3.89. The van der Waals surface area contributed by atoms with Crippen LogP contribution in [0.1, 0.15) is 35.5 Å². The van der Waals surface area contributed by atoms with Gasteiger partial charge in [-0.25, -0.2) is 0 Å². The lowest BCUT2D eigenvalue weighted by atomic mass is 10.2. The second-order valence-electron chi connectivity index (χ2n) is 5.31. The van der Waals surface area contributed by atoms with Crippen molar-refractivity contribution >= 4 is 11.6 Å². The van der Waals surface area contributed by atoms with Gasteiger partial charge in [0.25, 0.3) is 0 Å². The SMILES string of the molecule is Cc1nn(C(C)C(=O)Nc2ccc(CN)cc2)c(C)c1C. The lowest BCUT2D eigenvalue weighted by Gasteiger charge is -2.15. The molecular formula is C16H22N4O. The highest BCUT2D eigenvalue weighted by Gasteiger charge is 2.19. The van der Waals surface area contributed by atoms with E-state index < -0.39 is 0 Å². The molecule has 21 heavy (non-hydrogen) atoms. The number of nitrogens with two attached hydrogens (primary N) is 1. The summed E-state index contributed by atoms with van der Waals surface area (Å²) in [6.07, 6.45) is 0. The Morgan fingerprint density at radius 2 is 1.90 bits per heavy atom. The summed E-state index contributed by atoms with van der Waals surface area (Å²) in [7, 11) is 0. The number of rotatable bonds is 4. The average Bonchev–Trinajstić information content (AvgIpc) is 2.75. The predicted molar refractivity (Wildman–Crippen MR) is 84.1 cm³/mol. The van der Waals surface area contributed by atoms with Gasteiger partial charge >= 0.3 is 0 Å². The van der Waals surface area contributed by atoms with Crippen molar-refractivity contribution in [3.8, 4) is 0 Å². The third kappa shape index (κ3) is 3.13. The number of hydrogen-bond acceptors (Lipinski definition) is 3. The highest BCUT2D eigenvalue weighted by atomic mass is 16.2. The van der Waals surface area contributed by atoms with Crippen LogP contribution in [0.15, 0.2) is 24.3 Å². The Balaban J connectivity index is 2.13. The minimum absolute atomic E-state index is 0.0823. The smallest absolute Gasteiger partial charge is 0.248 e. The largest absolute Gasteiger partial charge is 0.326 e. The molecule has 0 bridgehead atoms. The van der Waals surface area contributed by atoms with Crippen molar-refractivity contribution in [2.24, 2.45) is 5.73 Å². The van der Waals surface area contributed by atoms with Crippen LogP contribution in [0.5, 0.6) is 0 Å². The van der Waals surface area contributed by atoms with Crippen molar-refractivity contribution in [3.05, 3.63) is 46.8 Å². The lowest BCUT2D eigenvalue weighted by molar-refractivity contribution is -0.119. The molecule has 2 rings (SSSR count). The molecule has 1 aromatic carbocycles. The van der Waals surface area contributed by atoms with Gasteiger partial charge in [0.2, 0.25) is 5.91 Å². The Kier molecular flexibility index (Phi) is 4.43. The van der Waals surface area contributed by atoms with Gasteiger partial charge in [-0.3, -0.25) is 9.48 Å². The van der Waals surface area contributed by atoms with Gasteiger partial charge < -0.3 is 11.1 Å². The van der Waals surface area contributed by atoms with Crippen LogP contribution in [0.2, 0.25) is 0 Å². The van der Waals surface area contributed by atoms with Gasteiger partial charge in [-0.1, -0.05) is 12.1 Å². The van der Waals surface area contributed by atoms with Crippen LogP contribution >= 0.6 is 0 Å². The van der Waals surface area contributed by atoms with Gasteiger partial charge in [-0.15, -0.1) is 0 Å². The number of nitrogens with one attached hydrogen (secondary N) is 1. The first kappa shape index (κ1) is 15.3. The molecule has 1 amide bonds. The maximum atomic E-state index is 12.3. The molecule has 0 aliphatic rings. The molecule has 0 saturated heterocycles. The van der Waals surface area contributed by atoms with Crippen molar-refractivity contribution in [3.63, 3.8) is 0 Å². The van der Waals surface area contributed by atoms with Crippen molar-refractivity contribution < 1.29 is 4.79 Å². The van der Waals surface area contributed by atoms with Crippen molar-refractivity contribution in [1.29, 1.82) is 0 Å². The predicted octanol–water partition coefficient (Wildman–Crippen LogP) is 2.47. The Labute approximate surface area is 125 Å². The summed E-state index contributed by atoms with van der Waals surface area (Å²) in [6, 6.07) is 7.19. The van der Waals surface area contributed by atoms with Gasteiger partial charge in [0.15, 0.2) is 0 Å². The topological polar surface area (TPSA) is 72.9 Å². The van der Waals surface area contributed by atoms with Gasteiger partial charge in [0, 0.05) is 17.9 Å². The number of hydrogen-bond donors (Lipinski definition) is 2. The molecule has 5 heteroatoms. The summed E-state index contributed by atoms with van der Waals surface area (Å²) >= 11 is 0. The second kappa shape index (κ2) is 6.10. The van der Waals surface area contributed by atoms with Crippen LogP contribution < -0.4 is 11.1 Å². The fourth-order valence-electron chi connectivity index (χ4n) is 2.20. The molecule has 1 unspecified atom stereocenters. The van der Waals surface area contributed by atoms with Crippen LogP contribution in [-0.4, -0.2) is 15.7 Å². The molecular weight excluding hydrogens is 264 g/mol. The molecule has 2 aromatic rings. The van der Waals surface area contributed by atoms with Crippen molar-refractivity contribution in [1.82, 2.24) is 9.78 Å². The maximum Gasteiger partial charge on any atom is 0.248 e. The maximum absolute atomic E-state index is 12.3. The molecule has 0 aliphatic carbocycles. The van der Waals surface area contributed by atoms with Crippen molar-refractivity contribution in [2.45, 2.75) is 40.3 Å². The van der Waals surface area contributed by atoms with E-state index in [1.54, 1.807) is 4.68 Å². The van der Waals surface area contributed by atoms with Gasteiger partial charge in [0.1, 0.15) is 6.04 Å². The second-order valence-corrected chi connectivity index (χ2v) is 5.31. The first-order valence-electron chi connectivity index (χ1n) is 7.06. The Bertz CT molecular complexity index is 643. The summed E-state index contributed by atoms with van der Waals surface area (Å²) in [5, 5.41) is 7.35. The molecule has 112 valence electrons. The minimum Gasteiger partial charge on any atom is -0.326 e. The van der Waals surface area contributed by atoms with Gasteiger partial charge in [0.05, 0.1) is 5.69 Å². The standard InChI is InChI=1S/C16H22N4O/c1-10-11(2)19-20(12(10)3)13(4)16(21)18-15-7-5-14(9-17)6-8-15/h5-8,13H,9,17H2,1-4H3,(H,18,21). The number of aryl methyl sites for hydroxylation is 1. The summed E-state index contributed by atoms with van der Waals surface area (Å²) < 4.78 is 1.77. The highest BCUT2D eigenvalue weighted by Crippen LogP contribution is 2.18. The molecule has 1 aromatic heterocycles. The van der Waals surface area contributed by atoms with Crippen LogP contribution in [0.25, 0.3) is 0 Å². The van der Waals surface area contributed by atoms with E-state index in [9.17, 15) is 4.79 Å². The molecule has 0 fully saturated rings. The number of anilines is 1. The zero-order chi connectivity index (χ0) is 15.6. The highest BCUT2D eigenvalue weighted by molar-refractivity contribution is 5.93. The van der Waals surface area contributed by atoms with E-state index in [1.165, 1.54) is 0 Å². The zero-order valence-electron chi connectivity index (χ0n) is 13.0. The average molecular weight is 286 g/mol. The van der Waals surface area contributed by atoms with Crippen LogP contribution in [-0.2, 0) is 11.3 Å². The first-order valence-corrected chi connectivity index (χ1v) is 7.06. The normalized spacial score (nSPS) is 12.2. The summed E-state index contributed by atoms with van der Waals surface area (Å²) in [6.45, 7) is 8.30. The lowest BCUT2D eigenvalue weighted by Crippen LogP contribution is -2.25. The van der Waals surface area contributed by atoms with Crippen LogP contribution in [0.4, 0.5) is 5.69 Å².